The number of hydrogen-bond donors (Lipinski definition) is 0. The van der Waals surface area contributed by atoms with Crippen LogP contribution in [0.4, 0.5) is 0 Å². The second kappa shape index (κ2) is 8.77. The Morgan fingerprint density at radius 1 is 0.939 bits per heavy atom. The summed E-state index contributed by atoms with van der Waals surface area (Å²) < 4.78 is 5.93. The van der Waals surface area contributed by atoms with Crippen molar-refractivity contribution in [3.05, 3.63) is 89.7 Å². The fraction of sp³-hybridized carbons (Fsp3) is 0.333. The van der Waals surface area contributed by atoms with Crippen LogP contribution in [0.2, 0.25) is 0 Å². The van der Waals surface area contributed by atoms with Crippen LogP contribution in [0.1, 0.15) is 62.4 Å². The molecule has 2 heterocycles. The number of tetrazole rings is 1. The average molecular weight is 440 g/mol. The lowest BCUT2D eigenvalue weighted by atomic mass is 9.79. The molecule has 0 amide bonds. The fourth-order valence-corrected chi connectivity index (χ4v) is 4.26. The van der Waals surface area contributed by atoms with Crippen LogP contribution in [-0.4, -0.2) is 25.2 Å². The highest BCUT2D eigenvalue weighted by molar-refractivity contribution is 5.55. The Morgan fingerprint density at radius 3 is 2.21 bits per heavy atom. The van der Waals surface area contributed by atoms with Gasteiger partial charge >= 0.3 is 0 Å². The van der Waals surface area contributed by atoms with E-state index in [1.165, 1.54) is 24.0 Å². The zero-order valence-electron chi connectivity index (χ0n) is 19.3. The predicted molar refractivity (Wildman–Crippen MR) is 128 cm³/mol. The number of hydrogen-bond acceptors (Lipinski definition) is 5. The molecule has 6 nitrogen and oxygen atoms in total. The van der Waals surface area contributed by atoms with Crippen molar-refractivity contribution in [1.82, 2.24) is 25.2 Å². The normalized spacial score (nSPS) is 15.4. The van der Waals surface area contributed by atoms with Crippen LogP contribution < -0.4 is 4.74 Å². The zero-order valence-corrected chi connectivity index (χ0v) is 19.3. The van der Waals surface area contributed by atoms with Crippen molar-refractivity contribution in [2.24, 2.45) is 5.41 Å². The van der Waals surface area contributed by atoms with E-state index in [1.54, 1.807) is 11.0 Å². The molecule has 2 aromatic carbocycles. The van der Waals surface area contributed by atoms with Gasteiger partial charge in [0.1, 0.15) is 12.4 Å². The molecule has 0 saturated heterocycles. The van der Waals surface area contributed by atoms with Crippen molar-refractivity contribution in [3.63, 3.8) is 0 Å². The standard InChI is InChI=1S/C27H29N5O/c1-19(2)32-30-26(29-31-32)22-9-7-20(8-10-22)25(27(3)15-16-27)21-11-13-24(14-12-21)33-18-23-6-4-5-17-28-23/h4-14,17,19,25H,15-16,18H2,1-3H3. The van der Waals surface area contributed by atoms with E-state index in [1.807, 2.05) is 32.0 Å². The molecule has 1 fully saturated rings. The smallest absolute Gasteiger partial charge is 0.204 e. The molecule has 168 valence electrons. The van der Waals surface area contributed by atoms with E-state index in [0.29, 0.717) is 18.3 Å². The van der Waals surface area contributed by atoms with Gasteiger partial charge in [0.15, 0.2) is 0 Å². The Kier molecular flexibility index (Phi) is 5.67. The van der Waals surface area contributed by atoms with E-state index in [4.69, 9.17) is 4.74 Å². The molecule has 0 radical (unpaired) electrons. The van der Waals surface area contributed by atoms with Crippen LogP contribution in [0.3, 0.4) is 0 Å². The van der Waals surface area contributed by atoms with Crippen molar-refractivity contribution in [1.29, 1.82) is 0 Å². The van der Waals surface area contributed by atoms with Crippen LogP contribution >= 0.6 is 0 Å². The van der Waals surface area contributed by atoms with Gasteiger partial charge in [0.25, 0.3) is 0 Å². The second-order valence-corrected chi connectivity index (χ2v) is 9.42. The van der Waals surface area contributed by atoms with Gasteiger partial charge in [-0.3, -0.25) is 4.98 Å². The quantitative estimate of drug-likeness (QED) is 0.346. The molecule has 0 bridgehead atoms. The van der Waals surface area contributed by atoms with Crippen molar-refractivity contribution in [2.45, 2.75) is 52.2 Å². The molecule has 2 aromatic heterocycles. The van der Waals surface area contributed by atoms with Crippen LogP contribution in [0, 0.1) is 5.41 Å². The van der Waals surface area contributed by atoms with Crippen molar-refractivity contribution >= 4 is 0 Å². The Labute approximate surface area is 194 Å². The number of nitrogens with zero attached hydrogens (tertiary/aromatic N) is 5. The largest absolute Gasteiger partial charge is 0.487 e. The first-order valence-corrected chi connectivity index (χ1v) is 11.5. The summed E-state index contributed by atoms with van der Waals surface area (Å²) in [5.74, 6) is 1.87. The number of pyridine rings is 1. The van der Waals surface area contributed by atoms with E-state index in [-0.39, 0.29) is 11.5 Å². The first kappa shape index (κ1) is 21.3. The molecular weight excluding hydrogens is 410 g/mol. The highest BCUT2D eigenvalue weighted by Crippen LogP contribution is 2.58. The van der Waals surface area contributed by atoms with Crippen LogP contribution in [0.15, 0.2) is 72.9 Å². The summed E-state index contributed by atoms with van der Waals surface area (Å²) in [5.41, 5.74) is 4.84. The maximum atomic E-state index is 5.93. The Balaban J connectivity index is 1.34. The van der Waals surface area contributed by atoms with Crippen molar-refractivity contribution < 1.29 is 4.74 Å². The monoisotopic (exact) mass is 439 g/mol. The zero-order chi connectivity index (χ0) is 22.8. The van der Waals surface area contributed by atoms with Crippen LogP contribution in [0.5, 0.6) is 5.75 Å². The van der Waals surface area contributed by atoms with Gasteiger partial charge in [-0.2, -0.15) is 4.80 Å². The first-order chi connectivity index (χ1) is 16.0. The summed E-state index contributed by atoms with van der Waals surface area (Å²) in [4.78, 5) is 5.97. The third-order valence-corrected chi connectivity index (χ3v) is 6.45. The fourth-order valence-electron chi connectivity index (χ4n) is 4.26. The van der Waals surface area contributed by atoms with Gasteiger partial charge in [0.05, 0.1) is 11.7 Å². The first-order valence-electron chi connectivity index (χ1n) is 11.5. The maximum Gasteiger partial charge on any atom is 0.204 e. The summed E-state index contributed by atoms with van der Waals surface area (Å²) in [5, 5.41) is 12.9. The highest BCUT2D eigenvalue weighted by atomic mass is 16.5. The van der Waals surface area contributed by atoms with Crippen LogP contribution in [0.25, 0.3) is 11.4 Å². The summed E-state index contributed by atoms with van der Waals surface area (Å²) in [6.07, 6.45) is 4.26. The van der Waals surface area contributed by atoms with Crippen LogP contribution in [-0.2, 0) is 6.61 Å². The lowest BCUT2D eigenvalue weighted by Gasteiger charge is -2.25. The molecule has 1 saturated carbocycles. The lowest BCUT2D eigenvalue weighted by molar-refractivity contribution is 0.301. The molecule has 4 aromatic rings. The molecule has 1 atom stereocenters. The van der Waals surface area contributed by atoms with Gasteiger partial charge < -0.3 is 4.74 Å². The van der Waals surface area contributed by atoms with E-state index in [0.717, 1.165) is 17.0 Å². The van der Waals surface area contributed by atoms with E-state index < -0.39 is 0 Å². The van der Waals surface area contributed by atoms with E-state index in [9.17, 15) is 0 Å². The van der Waals surface area contributed by atoms with Gasteiger partial charge in [-0.05, 0) is 72.7 Å². The minimum atomic E-state index is 0.195. The van der Waals surface area contributed by atoms with Gasteiger partial charge in [-0.25, -0.2) is 0 Å². The topological polar surface area (TPSA) is 65.7 Å². The molecule has 0 N–H and O–H groups in total. The number of rotatable bonds is 8. The third kappa shape index (κ3) is 4.65. The molecule has 1 unspecified atom stereocenters. The molecule has 33 heavy (non-hydrogen) atoms. The molecule has 1 aliphatic rings. The minimum Gasteiger partial charge on any atom is -0.487 e. The van der Waals surface area contributed by atoms with Gasteiger partial charge in [-0.1, -0.05) is 49.4 Å². The molecule has 6 heteroatoms. The summed E-state index contributed by atoms with van der Waals surface area (Å²) in [6.45, 7) is 6.94. The summed E-state index contributed by atoms with van der Waals surface area (Å²) >= 11 is 0. The minimum absolute atomic E-state index is 0.195. The van der Waals surface area contributed by atoms with E-state index in [2.05, 4.69) is 75.8 Å². The van der Waals surface area contributed by atoms with Gasteiger partial charge in [0.2, 0.25) is 5.82 Å². The molecule has 1 aliphatic carbocycles. The Bertz CT molecular complexity index is 1200. The Morgan fingerprint density at radius 2 is 1.64 bits per heavy atom. The number of aromatic nitrogens is 5. The highest BCUT2D eigenvalue weighted by Gasteiger charge is 2.46. The third-order valence-electron chi connectivity index (χ3n) is 6.45. The van der Waals surface area contributed by atoms with Gasteiger partial charge in [-0.15, -0.1) is 10.2 Å². The predicted octanol–water partition coefficient (Wildman–Crippen LogP) is 5.83. The molecule has 0 spiro atoms. The Hall–Kier alpha value is -3.54. The summed E-state index contributed by atoms with van der Waals surface area (Å²) in [6, 6.07) is 23.2. The number of ether oxygens (including phenoxy) is 1. The van der Waals surface area contributed by atoms with Crippen molar-refractivity contribution in [2.75, 3.05) is 0 Å². The maximum absolute atomic E-state index is 5.93. The SMILES string of the molecule is CC(C)n1nnc(-c2ccc(C(c3ccc(OCc4ccccn4)cc3)C3(C)CC3)cc2)n1. The molecular formula is C27H29N5O. The lowest BCUT2D eigenvalue weighted by Crippen LogP contribution is -2.12. The van der Waals surface area contributed by atoms with E-state index >= 15 is 0 Å². The second-order valence-electron chi connectivity index (χ2n) is 9.42. The number of benzene rings is 2. The average Bonchev–Trinajstić information content (AvgIpc) is 3.37. The molecule has 0 aliphatic heterocycles. The van der Waals surface area contributed by atoms with Crippen molar-refractivity contribution in [3.8, 4) is 17.1 Å². The molecule has 5 rings (SSSR count). The van der Waals surface area contributed by atoms with Gasteiger partial charge in [0, 0.05) is 17.7 Å². The summed E-state index contributed by atoms with van der Waals surface area (Å²) in [7, 11) is 0.